The van der Waals surface area contributed by atoms with Gasteiger partial charge in [-0.15, -0.1) is 0 Å². The van der Waals surface area contributed by atoms with E-state index in [0.717, 1.165) is 48.3 Å². The lowest BCUT2D eigenvalue weighted by Crippen LogP contribution is -2.42. The highest BCUT2D eigenvalue weighted by Gasteiger charge is 2.41. The molecule has 1 saturated heterocycles. The van der Waals surface area contributed by atoms with Crippen LogP contribution < -0.4 is 15.4 Å². The molecule has 6 heteroatoms. The van der Waals surface area contributed by atoms with Gasteiger partial charge in [-0.2, -0.15) is 0 Å². The van der Waals surface area contributed by atoms with Gasteiger partial charge in [-0.3, -0.25) is 4.79 Å². The van der Waals surface area contributed by atoms with Gasteiger partial charge in [-0.1, -0.05) is 30.3 Å². The highest BCUT2D eigenvalue weighted by Crippen LogP contribution is 2.45. The third kappa shape index (κ3) is 2.92. The number of benzene rings is 2. The summed E-state index contributed by atoms with van der Waals surface area (Å²) in [6.07, 6.45) is 3.23. The second kappa shape index (κ2) is 7.31. The van der Waals surface area contributed by atoms with E-state index in [2.05, 4.69) is 39.9 Å². The Bertz CT molecular complexity index is 1150. The van der Waals surface area contributed by atoms with Crippen LogP contribution >= 0.6 is 0 Å². The van der Waals surface area contributed by atoms with Crippen LogP contribution in [0.3, 0.4) is 0 Å². The van der Waals surface area contributed by atoms with Gasteiger partial charge in [0.1, 0.15) is 11.4 Å². The number of carbonyl (C=O) groups is 1. The lowest BCUT2D eigenvalue weighted by atomic mass is 9.73. The fourth-order valence-electron chi connectivity index (χ4n) is 5.97. The molecule has 3 atom stereocenters. The number of aromatic nitrogens is 1. The van der Waals surface area contributed by atoms with Crippen molar-refractivity contribution in [3.05, 3.63) is 59.3 Å². The summed E-state index contributed by atoms with van der Waals surface area (Å²) < 4.78 is 5.64. The number of nitrogens with zero attached hydrogens (tertiary/aromatic N) is 1. The quantitative estimate of drug-likeness (QED) is 0.607. The molecule has 6 rings (SSSR count). The third-order valence-corrected chi connectivity index (χ3v) is 7.46. The normalized spacial score (nSPS) is 24.5. The van der Waals surface area contributed by atoms with E-state index in [1.807, 2.05) is 23.1 Å². The Balaban J connectivity index is 1.21. The molecule has 0 radical (unpaired) electrons. The number of fused-ring (bicyclic) bond motifs is 6. The minimum absolute atomic E-state index is 0.0882. The summed E-state index contributed by atoms with van der Waals surface area (Å²) in [5.41, 5.74) is 5.43. The van der Waals surface area contributed by atoms with Gasteiger partial charge in [-0.25, -0.2) is 0 Å². The van der Waals surface area contributed by atoms with Crippen LogP contribution in [0.1, 0.15) is 40.4 Å². The summed E-state index contributed by atoms with van der Waals surface area (Å²) in [5, 5.41) is 8.31. The van der Waals surface area contributed by atoms with Crippen LogP contribution in [0, 0.1) is 5.92 Å². The van der Waals surface area contributed by atoms with E-state index in [1.165, 1.54) is 17.5 Å². The van der Waals surface area contributed by atoms with Crippen molar-refractivity contribution < 1.29 is 9.53 Å². The number of hydrogen-bond acceptors (Lipinski definition) is 4. The van der Waals surface area contributed by atoms with E-state index in [1.54, 1.807) is 7.11 Å². The molecular formula is C25H28N4O2. The van der Waals surface area contributed by atoms with E-state index >= 15 is 0 Å². The number of H-pyrrole nitrogens is 1. The van der Waals surface area contributed by atoms with Crippen molar-refractivity contribution in [2.75, 3.05) is 32.2 Å². The number of ether oxygens (including phenoxy) is 1. The number of aromatic amines is 1. The summed E-state index contributed by atoms with van der Waals surface area (Å²) >= 11 is 0. The van der Waals surface area contributed by atoms with Crippen molar-refractivity contribution in [1.29, 1.82) is 0 Å². The second-order valence-electron chi connectivity index (χ2n) is 8.98. The standard InChI is InChI=1S/C25H28N4O2/c1-31-21-8-4-6-17-16(21)10-9-15-13-26-20(22(15)17)11-12-29-14-27-23-18-5-2-3-7-19(18)28-24(23)25(29)30/h2-8,15,20,22,26-28H,9-14H2,1H3/t15-,20?,22+/m0/s1. The van der Waals surface area contributed by atoms with Crippen LogP contribution in [-0.2, 0) is 6.42 Å². The number of amides is 1. The van der Waals surface area contributed by atoms with Crippen molar-refractivity contribution in [1.82, 2.24) is 15.2 Å². The number of rotatable bonds is 4. The summed E-state index contributed by atoms with van der Waals surface area (Å²) in [5.74, 6) is 2.27. The van der Waals surface area contributed by atoms with Gasteiger partial charge in [0, 0.05) is 29.4 Å². The lowest BCUT2D eigenvalue weighted by Gasteiger charge is -2.34. The zero-order valence-electron chi connectivity index (χ0n) is 17.8. The Morgan fingerprint density at radius 2 is 2.06 bits per heavy atom. The number of anilines is 1. The van der Waals surface area contributed by atoms with Gasteiger partial charge in [-0.05, 0) is 55.0 Å². The van der Waals surface area contributed by atoms with Crippen molar-refractivity contribution in [3.63, 3.8) is 0 Å². The summed E-state index contributed by atoms with van der Waals surface area (Å²) in [4.78, 5) is 18.4. The number of hydrogen-bond donors (Lipinski definition) is 3. The number of methoxy groups -OCH3 is 1. The van der Waals surface area contributed by atoms with Gasteiger partial charge in [0.2, 0.25) is 0 Å². The fourth-order valence-corrected chi connectivity index (χ4v) is 5.97. The minimum Gasteiger partial charge on any atom is -0.496 e. The Hall–Kier alpha value is -2.99. The van der Waals surface area contributed by atoms with Gasteiger partial charge in [0.15, 0.2) is 0 Å². The average molecular weight is 417 g/mol. The van der Waals surface area contributed by atoms with Crippen LogP contribution in [-0.4, -0.2) is 48.7 Å². The smallest absolute Gasteiger partial charge is 0.273 e. The summed E-state index contributed by atoms with van der Waals surface area (Å²) in [6, 6.07) is 14.9. The molecular weight excluding hydrogens is 388 g/mol. The maximum absolute atomic E-state index is 13.2. The monoisotopic (exact) mass is 416 g/mol. The molecule has 0 saturated carbocycles. The molecule has 6 nitrogen and oxygen atoms in total. The van der Waals surface area contributed by atoms with Crippen LogP contribution in [0.25, 0.3) is 10.9 Å². The molecule has 0 spiro atoms. The minimum atomic E-state index is 0.0882. The molecule has 1 unspecified atom stereocenters. The van der Waals surface area contributed by atoms with Gasteiger partial charge < -0.3 is 25.3 Å². The second-order valence-corrected chi connectivity index (χ2v) is 8.98. The fraction of sp³-hybridized carbons (Fsp3) is 0.400. The Kier molecular flexibility index (Phi) is 4.42. The highest BCUT2D eigenvalue weighted by atomic mass is 16.5. The third-order valence-electron chi connectivity index (χ3n) is 7.46. The van der Waals surface area contributed by atoms with E-state index in [4.69, 9.17) is 4.74 Å². The average Bonchev–Trinajstić information content (AvgIpc) is 3.40. The molecule has 3 N–H and O–H groups in total. The first-order chi connectivity index (χ1) is 15.2. The maximum Gasteiger partial charge on any atom is 0.273 e. The predicted molar refractivity (Wildman–Crippen MR) is 122 cm³/mol. The van der Waals surface area contributed by atoms with Crippen molar-refractivity contribution in [3.8, 4) is 5.75 Å². The van der Waals surface area contributed by atoms with Gasteiger partial charge >= 0.3 is 0 Å². The van der Waals surface area contributed by atoms with Crippen LogP contribution in [0.5, 0.6) is 5.75 Å². The first-order valence-corrected chi connectivity index (χ1v) is 11.3. The molecule has 3 heterocycles. The first kappa shape index (κ1) is 18.8. The molecule has 1 aliphatic carbocycles. The molecule has 1 fully saturated rings. The lowest BCUT2D eigenvalue weighted by molar-refractivity contribution is 0.0746. The van der Waals surface area contributed by atoms with Crippen LogP contribution in [0.15, 0.2) is 42.5 Å². The molecule has 1 amide bonds. The SMILES string of the molecule is COc1cccc2c1CC[C@H]1CNC(CCN3CNc4c([nH]c5ccccc45)C3=O)[C@@H]21. The van der Waals surface area contributed by atoms with Crippen molar-refractivity contribution in [2.45, 2.75) is 31.2 Å². The van der Waals surface area contributed by atoms with E-state index < -0.39 is 0 Å². The predicted octanol–water partition coefficient (Wildman–Crippen LogP) is 3.71. The molecule has 2 aromatic carbocycles. The number of para-hydroxylation sites is 1. The summed E-state index contributed by atoms with van der Waals surface area (Å²) in [7, 11) is 1.76. The van der Waals surface area contributed by atoms with E-state index in [0.29, 0.717) is 30.2 Å². The van der Waals surface area contributed by atoms with Crippen molar-refractivity contribution >= 4 is 22.5 Å². The van der Waals surface area contributed by atoms with Gasteiger partial charge in [0.25, 0.3) is 5.91 Å². The zero-order chi connectivity index (χ0) is 20.9. The molecule has 3 aliphatic rings. The number of nitrogens with one attached hydrogen (secondary N) is 3. The first-order valence-electron chi connectivity index (χ1n) is 11.3. The molecule has 1 aromatic heterocycles. The van der Waals surface area contributed by atoms with Crippen molar-refractivity contribution in [2.24, 2.45) is 5.92 Å². The molecule has 3 aromatic rings. The molecule has 0 bridgehead atoms. The largest absolute Gasteiger partial charge is 0.496 e. The van der Waals surface area contributed by atoms with Crippen LogP contribution in [0.2, 0.25) is 0 Å². The molecule has 31 heavy (non-hydrogen) atoms. The number of carbonyl (C=O) groups excluding carboxylic acids is 1. The van der Waals surface area contributed by atoms with E-state index in [-0.39, 0.29) is 5.91 Å². The molecule has 2 aliphatic heterocycles. The highest BCUT2D eigenvalue weighted by molar-refractivity contribution is 6.09. The Morgan fingerprint density at radius 3 is 2.97 bits per heavy atom. The van der Waals surface area contributed by atoms with E-state index in [9.17, 15) is 4.79 Å². The Morgan fingerprint density at radius 1 is 1.16 bits per heavy atom. The maximum atomic E-state index is 13.2. The molecule has 160 valence electrons. The zero-order valence-corrected chi connectivity index (χ0v) is 17.8. The van der Waals surface area contributed by atoms with Gasteiger partial charge in [0.05, 0.1) is 19.5 Å². The summed E-state index contributed by atoms with van der Waals surface area (Å²) in [6.45, 7) is 2.35. The topological polar surface area (TPSA) is 69.4 Å². The Labute approximate surface area is 182 Å². The van der Waals surface area contributed by atoms with Crippen LogP contribution in [0.4, 0.5) is 5.69 Å².